The molecule has 0 N–H and O–H groups in total. The quantitative estimate of drug-likeness (QED) is 0.784. The van der Waals surface area contributed by atoms with E-state index in [-0.39, 0.29) is 12.2 Å². The number of halogens is 1. The van der Waals surface area contributed by atoms with Crippen molar-refractivity contribution < 1.29 is 17.9 Å². The Morgan fingerprint density at radius 1 is 1.24 bits per heavy atom. The summed E-state index contributed by atoms with van der Waals surface area (Å²) in [5.74, 6) is -0.480. The first-order valence-electron chi connectivity index (χ1n) is 6.24. The second-order valence-corrected chi connectivity index (χ2v) is 8.33. The Labute approximate surface area is 131 Å². The Morgan fingerprint density at radius 3 is 2.67 bits per heavy atom. The SMILES string of the molecule is O=C(OC1CCS(=O)(=O)c2sccc21)c1ccc(Cl)cc1. The van der Waals surface area contributed by atoms with E-state index < -0.39 is 21.9 Å². The van der Waals surface area contributed by atoms with Crippen LogP contribution in [0, 0.1) is 0 Å². The fraction of sp³-hybridized carbons (Fsp3) is 0.214. The van der Waals surface area contributed by atoms with Crippen LogP contribution in [0.2, 0.25) is 5.02 Å². The Morgan fingerprint density at radius 2 is 1.95 bits per heavy atom. The molecule has 0 fully saturated rings. The monoisotopic (exact) mass is 342 g/mol. The maximum atomic E-state index is 12.1. The topological polar surface area (TPSA) is 60.4 Å². The maximum absolute atomic E-state index is 12.1. The van der Waals surface area contributed by atoms with Gasteiger partial charge in [0.2, 0.25) is 0 Å². The van der Waals surface area contributed by atoms with Gasteiger partial charge in [-0.1, -0.05) is 11.6 Å². The van der Waals surface area contributed by atoms with E-state index in [0.717, 1.165) is 11.3 Å². The highest BCUT2D eigenvalue weighted by Gasteiger charge is 2.33. The lowest BCUT2D eigenvalue weighted by molar-refractivity contribution is 0.0280. The molecular weight excluding hydrogens is 332 g/mol. The predicted octanol–water partition coefficient (Wildman–Crippen LogP) is 3.48. The fourth-order valence-electron chi connectivity index (χ4n) is 2.21. The van der Waals surface area contributed by atoms with Gasteiger partial charge in [0.25, 0.3) is 0 Å². The second kappa shape index (κ2) is 5.44. The van der Waals surface area contributed by atoms with Gasteiger partial charge in [0.1, 0.15) is 10.3 Å². The van der Waals surface area contributed by atoms with E-state index in [1.54, 1.807) is 35.7 Å². The number of ether oxygens (including phenoxy) is 1. The summed E-state index contributed by atoms with van der Waals surface area (Å²) in [6.07, 6.45) is -0.233. The number of carbonyl (C=O) groups is 1. The lowest BCUT2D eigenvalue weighted by Gasteiger charge is -2.22. The number of hydrogen-bond acceptors (Lipinski definition) is 5. The molecule has 1 aliphatic rings. The molecule has 0 spiro atoms. The number of carbonyl (C=O) groups excluding carboxylic acids is 1. The molecule has 21 heavy (non-hydrogen) atoms. The molecule has 110 valence electrons. The Kier molecular flexibility index (Phi) is 3.77. The summed E-state index contributed by atoms with van der Waals surface area (Å²) in [5, 5.41) is 2.24. The first kappa shape index (κ1) is 14.6. The number of fused-ring (bicyclic) bond motifs is 1. The Bertz CT molecular complexity index is 778. The van der Waals surface area contributed by atoms with Crippen LogP contribution in [0.4, 0.5) is 0 Å². The number of benzene rings is 1. The van der Waals surface area contributed by atoms with Crippen LogP contribution in [0.3, 0.4) is 0 Å². The summed E-state index contributed by atoms with van der Waals surface area (Å²) in [5.41, 5.74) is 0.971. The van der Waals surface area contributed by atoms with Crippen molar-refractivity contribution >= 4 is 38.7 Å². The molecule has 7 heteroatoms. The van der Waals surface area contributed by atoms with Crippen molar-refractivity contribution in [1.82, 2.24) is 0 Å². The number of hydrogen-bond donors (Lipinski definition) is 0. The molecule has 2 aromatic rings. The van der Waals surface area contributed by atoms with Crippen LogP contribution in [-0.4, -0.2) is 20.1 Å². The molecule has 1 atom stereocenters. The van der Waals surface area contributed by atoms with E-state index in [9.17, 15) is 13.2 Å². The van der Waals surface area contributed by atoms with Gasteiger partial charge >= 0.3 is 5.97 Å². The minimum atomic E-state index is -3.23. The molecule has 0 radical (unpaired) electrons. The summed E-state index contributed by atoms with van der Waals surface area (Å²) in [7, 11) is -3.23. The first-order chi connectivity index (χ1) is 9.97. The fourth-order valence-corrected chi connectivity index (χ4v) is 5.28. The average molecular weight is 343 g/mol. The number of sulfone groups is 1. The van der Waals surface area contributed by atoms with Crippen molar-refractivity contribution in [3.8, 4) is 0 Å². The van der Waals surface area contributed by atoms with Gasteiger partial charge in [0, 0.05) is 17.0 Å². The summed E-state index contributed by atoms with van der Waals surface area (Å²) in [6, 6.07) is 8.09. The van der Waals surface area contributed by atoms with Crippen LogP contribution in [-0.2, 0) is 14.6 Å². The Hall–Kier alpha value is -1.37. The molecule has 0 saturated heterocycles. The molecule has 4 nitrogen and oxygen atoms in total. The standard InChI is InChI=1S/C14H11ClO4S2/c15-10-3-1-9(2-4-10)13(16)19-12-6-8-21(17,18)14-11(12)5-7-20-14/h1-5,7,12H,6,8H2. The molecule has 1 aliphatic heterocycles. The molecule has 1 aromatic heterocycles. The minimum absolute atomic E-state index is 0.000915. The van der Waals surface area contributed by atoms with Crippen molar-refractivity contribution in [3.05, 3.63) is 51.9 Å². The zero-order chi connectivity index (χ0) is 15.0. The molecule has 1 unspecified atom stereocenters. The van der Waals surface area contributed by atoms with Gasteiger partial charge in [-0.15, -0.1) is 11.3 Å². The number of thiophene rings is 1. The largest absolute Gasteiger partial charge is 0.454 e. The van der Waals surface area contributed by atoms with Crippen molar-refractivity contribution in [3.63, 3.8) is 0 Å². The third-order valence-electron chi connectivity index (χ3n) is 3.27. The van der Waals surface area contributed by atoms with Crippen LogP contribution in [0.5, 0.6) is 0 Å². The number of rotatable bonds is 2. The Balaban J connectivity index is 1.84. The lowest BCUT2D eigenvalue weighted by Crippen LogP contribution is -2.22. The maximum Gasteiger partial charge on any atom is 0.338 e. The van der Waals surface area contributed by atoms with Gasteiger partial charge in [-0.05, 0) is 35.7 Å². The van der Waals surface area contributed by atoms with E-state index in [4.69, 9.17) is 16.3 Å². The van der Waals surface area contributed by atoms with Gasteiger partial charge in [-0.2, -0.15) is 0 Å². The lowest BCUT2D eigenvalue weighted by atomic mass is 10.1. The van der Waals surface area contributed by atoms with E-state index in [0.29, 0.717) is 20.4 Å². The van der Waals surface area contributed by atoms with Crippen molar-refractivity contribution in [1.29, 1.82) is 0 Å². The summed E-state index contributed by atoms with van der Waals surface area (Å²) < 4.78 is 29.6. The van der Waals surface area contributed by atoms with E-state index in [2.05, 4.69) is 0 Å². The van der Waals surface area contributed by atoms with E-state index in [1.165, 1.54) is 0 Å². The van der Waals surface area contributed by atoms with Gasteiger partial charge in [0.15, 0.2) is 9.84 Å². The highest BCUT2D eigenvalue weighted by atomic mass is 35.5. The van der Waals surface area contributed by atoms with Gasteiger partial charge in [0.05, 0.1) is 11.3 Å². The van der Waals surface area contributed by atoms with Gasteiger partial charge in [-0.3, -0.25) is 0 Å². The highest BCUT2D eigenvalue weighted by Crippen LogP contribution is 2.38. The molecular formula is C14H11ClO4S2. The molecule has 3 rings (SSSR count). The first-order valence-corrected chi connectivity index (χ1v) is 9.15. The van der Waals surface area contributed by atoms with Crippen LogP contribution in [0.1, 0.15) is 28.4 Å². The van der Waals surface area contributed by atoms with Crippen molar-refractivity contribution in [2.75, 3.05) is 5.75 Å². The zero-order valence-corrected chi connectivity index (χ0v) is 13.2. The number of esters is 1. The van der Waals surface area contributed by atoms with Crippen LogP contribution in [0.15, 0.2) is 39.9 Å². The predicted molar refractivity (Wildman–Crippen MR) is 80.6 cm³/mol. The molecule has 1 aromatic carbocycles. The van der Waals surface area contributed by atoms with Crippen LogP contribution >= 0.6 is 22.9 Å². The highest BCUT2D eigenvalue weighted by molar-refractivity contribution is 7.93. The van der Waals surface area contributed by atoms with Gasteiger partial charge in [-0.25, -0.2) is 13.2 Å². The molecule has 0 amide bonds. The van der Waals surface area contributed by atoms with Crippen molar-refractivity contribution in [2.24, 2.45) is 0 Å². The third kappa shape index (κ3) is 2.84. The zero-order valence-electron chi connectivity index (χ0n) is 10.8. The van der Waals surface area contributed by atoms with Crippen LogP contribution < -0.4 is 0 Å². The molecule has 0 aliphatic carbocycles. The average Bonchev–Trinajstić information content (AvgIpc) is 2.94. The minimum Gasteiger partial charge on any atom is -0.454 e. The smallest absolute Gasteiger partial charge is 0.338 e. The summed E-state index contributed by atoms with van der Waals surface area (Å²) in [4.78, 5) is 12.1. The normalized spacial score (nSPS) is 19.8. The summed E-state index contributed by atoms with van der Waals surface area (Å²) >= 11 is 6.94. The molecule has 2 heterocycles. The molecule has 0 bridgehead atoms. The van der Waals surface area contributed by atoms with Crippen molar-refractivity contribution in [2.45, 2.75) is 16.7 Å². The van der Waals surface area contributed by atoms with E-state index in [1.807, 2.05) is 0 Å². The molecule has 0 saturated carbocycles. The summed E-state index contributed by atoms with van der Waals surface area (Å²) in [6.45, 7) is 0. The van der Waals surface area contributed by atoms with Crippen LogP contribution in [0.25, 0.3) is 0 Å². The van der Waals surface area contributed by atoms with E-state index >= 15 is 0 Å². The van der Waals surface area contributed by atoms with Gasteiger partial charge < -0.3 is 4.74 Å². The third-order valence-corrected chi connectivity index (χ3v) is 6.86. The second-order valence-electron chi connectivity index (χ2n) is 4.67.